The molecular weight excluding hydrogens is 410 g/mol. The lowest BCUT2D eigenvalue weighted by Crippen LogP contribution is -2.27. The second-order valence-corrected chi connectivity index (χ2v) is 8.63. The number of hydrogen-bond acceptors (Lipinski definition) is 6. The van der Waals surface area contributed by atoms with Gasteiger partial charge in [-0.1, -0.05) is 36.4 Å². The number of hydrogen-bond donors (Lipinski definition) is 3. The standard InChI is InChI=1S/C20H21N3O6S/c1-30(28,29)22-15-8-4-2-6-13(15)16-12-17(14-7-3-5-9-18(14)24)23(21-16)19(25)10-11-20(26)27/h2-9,17,22,24H,10-12H2,1H3,(H,26,27)/t17-/m1/s1. The van der Waals surface area contributed by atoms with Crippen molar-refractivity contribution < 1.29 is 28.2 Å². The zero-order valence-corrected chi connectivity index (χ0v) is 17.0. The van der Waals surface area contributed by atoms with Gasteiger partial charge in [-0.3, -0.25) is 14.3 Å². The molecule has 0 spiro atoms. The summed E-state index contributed by atoms with van der Waals surface area (Å²) in [6, 6.07) is 12.5. The zero-order chi connectivity index (χ0) is 21.9. The van der Waals surface area contributed by atoms with Crippen LogP contribution in [0.1, 0.15) is 36.4 Å². The highest BCUT2D eigenvalue weighted by atomic mass is 32.2. The lowest BCUT2D eigenvalue weighted by atomic mass is 9.97. The summed E-state index contributed by atoms with van der Waals surface area (Å²) >= 11 is 0. The summed E-state index contributed by atoms with van der Waals surface area (Å²) in [5.41, 5.74) is 1.72. The monoisotopic (exact) mass is 431 g/mol. The van der Waals surface area contributed by atoms with Gasteiger partial charge in [-0.05, 0) is 12.1 Å². The third-order valence-corrected chi connectivity index (χ3v) is 5.14. The number of phenols is 1. The minimum absolute atomic E-state index is 0.0162. The van der Waals surface area contributed by atoms with E-state index in [-0.39, 0.29) is 25.0 Å². The van der Waals surface area contributed by atoms with Crippen LogP contribution in [-0.2, 0) is 19.6 Å². The van der Waals surface area contributed by atoms with Crippen molar-refractivity contribution in [2.24, 2.45) is 5.10 Å². The number of nitrogens with one attached hydrogen (secondary N) is 1. The van der Waals surface area contributed by atoms with Crippen molar-refractivity contribution in [3.8, 4) is 5.75 Å². The van der Waals surface area contributed by atoms with E-state index in [9.17, 15) is 23.1 Å². The normalized spacial score (nSPS) is 16.2. The van der Waals surface area contributed by atoms with Crippen molar-refractivity contribution in [1.29, 1.82) is 0 Å². The molecular formula is C20H21N3O6S. The number of benzene rings is 2. The average molecular weight is 431 g/mol. The Morgan fingerprint density at radius 1 is 1.13 bits per heavy atom. The van der Waals surface area contributed by atoms with Crippen molar-refractivity contribution in [2.75, 3.05) is 11.0 Å². The number of hydrazone groups is 1. The van der Waals surface area contributed by atoms with E-state index in [2.05, 4.69) is 9.82 Å². The summed E-state index contributed by atoms with van der Waals surface area (Å²) in [6.45, 7) is 0. The van der Waals surface area contributed by atoms with Gasteiger partial charge >= 0.3 is 5.97 Å². The minimum atomic E-state index is -3.54. The number of carboxylic acids is 1. The highest BCUT2D eigenvalue weighted by Crippen LogP contribution is 2.38. The fourth-order valence-corrected chi connectivity index (χ4v) is 3.84. The van der Waals surface area contributed by atoms with E-state index in [0.29, 0.717) is 22.5 Å². The lowest BCUT2D eigenvalue weighted by Gasteiger charge is -2.22. The Balaban J connectivity index is 2.01. The number of para-hydroxylation sites is 2. The summed E-state index contributed by atoms with van der Waals surface area (Å²) in [5, 5.41) is 24.7. The Bertz CT molecular complexity index is 1110. The third-order valence-electron chi connectivity index (χ3n) is 4.55. The van der Waals surface area contributed by atoms with E-state index in [4.69, 9.17) is 5.11 Å². The van der Waals surface area contributed by atoms with Gasteiger partial charge in [0.25, 0.3) is 0 Å². The Kier molecular flexibility index (Phi) is 6.06. The number of rotatable bonds is 7. The van der Waals surface area contributed by atoms with Crippen LogP contribution in [0.3, 0.4) is 0 Å². The van der Waals surface area contributed by atoms with Crippen LogP contribution in [-0.4, -0.2) is 47.5 Å². The number of anilines is 1. The Morgan fingerprint density at radius 2 is 1.80 bits per heavy atom. The van der Waals surface area contributed by atoms with Crippen LogP contribution < -0.4 is 4.72 Å². The average Bonchev–Trinajstić information content (AvgIpc) is 3.10. The predicted octanol–water partition coefficient (Wildman–Crippen LogP) is 2.31. The van der Waals surface area contributed by atoms with Gasteiger partial charge < -0.3 is 10.2 Å². The number of amides is 1. The van der Waals surface area contributed by atoms with Crippen LogP contribution in [0.2, 0.25) is 0 Å². The molecule has 0 fully saturated rings. The quantitative estimate of drug-likeness (QED) is 0.615. The van der Waals surface area contributed by atoms with Gasteiger partial charge in [-0.25, -0.2) is 13.4 Å². The highest BCUT2D eigenvalue weighted by molar-refractivity contribution is 7.92. The highest BCUT2D eigenvalue weighted by Gasteiger charge is 2.35. The molecule has 0 radical (unpaired) electrons. The van der Waals surface area contributed by atoms with Crippen LogP contribution in [0.5, 0.6) is 5.75 Å². The predicted molar refractivity (Wildman–Crippen MR) is 111 cm³/mol. The van der Waals surface area contributed by atoms with E-state index in [0.717, 1.165) is 6.26 Å². The molecule has 1 amide bonds. The molecule has 158 valence electrons. The number of sulfonamides is 1. The minimum Gasteiger partial charge on any atom is -0.508 e. The summed E-state index contributed by atoms with van der Waals surface area (Å²) in [5.74, 6) is -1.62. The molecule has 1 aliphatic rings. The molecule has 30 heavy (non-hydrogen) atoms. The molecule has 3 N–H and O–H groups in total. The molecule has 2 aromatic rings. The van der Waals surface area contributed by atoms with Crippen LogP contribution in [0.25, 0.3) is 0 Å². The summed E-state index contributed by atoms with van der Waals surface area (Å²) < 4.78 is 25.9. The van der Waals surface area contributed by atoms with Crippen LogP contribution in [0, 0.1) is 0 Å². The van der Waals surface area contributed by atoms with Crippen molar-refractivity contribution in [2.45, 2.75) is 25.3 Å². The largest absolute Gasteiger partial charge is 0.508 e. The van der Waals surface area contributed by atoms with Gasteiger partial charge in [0.15, 0.2) is 0 Å². The first-order chi connectivity index (χ1) is 14.2. The summed E-state index contributed by atoms with van der Waals surface area (Å²) in [4.78, 5) is 23.6. The van der Waals surface area contributed by atoms with Crippen LogP contribution >= 0.6 is 0 Å². The van der Waals surface area contributed by atoms with E-state index >= 15 is 0 Å². The second-order valence-electron chi connectivity index (χ2n) is 6.88. The first kappa shape index (κ1) is 21.3. The number of carbonyl (C=O) groups is 2. The lowest BCUT2D eigenvalue weighted by molar-refractivity contribution is -0.141. The molecule has 1 heterocycles. The number of nitrogens with zero attached hydrogens (tertiary/aromatic N) is 2. The maximum atomic E-state index is 12.7. The zero-order valence-electron chi connectivity index (χ0n) is 16.1. The molecule has 1 aliphatic heterocycles. The van der Waals surface area contributed by atoms with Gasteiger partial charge in [0.05, 0.1) is 30.1 Å². The maximum absolute atomic E-state index is 12.7. The third kappa shape index (κ3) is 4.95. The fraction of sp³-hybridized carbons (Fsp3) is 0.250. The van der Waals surface area contributed by atoms with Crippen molar-refractivity contribution in [3.05, 3.63) is 59.7 Å². The smallest absolute Gasteiger partial charge is 0.303 e. The topological polar surface area (TPSA) is 136 Å². The Morgan fingerprint density at radius 3 is 2.47 bits per heavy atom. The van der Waals surface area contributed by atoms with E-state index < -0.39 is 27.9 Å². The van der Waals surface area contributed by atoms with Crippen LogP contribution in [0.4, 0.5) is 5.69 Å². The number of carboxylic acid groups (broad SMARTS) is 1. The van der Waals surface area contributed by atoms with Gasteiger partial charge in [0, 0.05) is 24.0 Å². The van der Waals surface area contributed by atoms with E-state index in [1.807, 2.05) is 0 Å². The number of carbonyl (C=O) groups excluding carboxylic acids is 1. The Labute approximate surface area is 173 Å². The van der Waals surface area contributed by atoms with Crippen LogP contribution in [0.15, 0.2) is 53.6 Å². The molecule has 0 aliphatic carbocycles. The number of phenolic OH excluding ortho intramolecular Hbond substituents is 1. The fourth-order valence-electron chi connectivity index (χ4n) is 3.27. The van der Waals surface area contributed by atoms with E-state index in [1.165, 1.54) is 11.1 Å². The maximum Gasteiger partial charge on any atom is 0.303 e. The molecule has 0 saturated heterocycles. The molecule has 9 nitrogen and oxygen atoms in total. The van der Waals surface area contributed by atoms with Crippen molar-refractivity contribution in [3.63, 3.8) is 0 Å². The van der Waals surface area contributed by atoms with E-state index in [1.54, 1.807) is 42.5 Å². The molecule has 0 bridgehead atoms. The SMILES string of the molecule is CS(=O)(=O)Nc1ccccc1C1=NN(C(=O)CCC(=O)O)[C@@H](c2ccccc2O)C1. The molecule has 2 aromatic carbocycles. The number of aromatic hydroxyl groups is 1. The molecule has 0 saturated carbocycles. The first-order valence-electron chi connectivity index (χ1n) is 9.12. The molecule has 3 rings (SSSR count). The van der Waals surface area contributed by atoms with Gasteiger partial charge in [0.1, 0.15) is 5.75 Å². The van der Waals surface area contributed by atoms with Gasteiger partial charge in [-0.2, -0.15) is 5.10 Å². The molecule has 10 heteroatoms. The molecule has 0 aromatic heterocycles. The van der Waals surface area contributed by atoms with Gasteiger partial charge in [0.2, 0.25) is 15.9 Å². The van der Waals surface area contributed by atoms with Gasteiger partial charge in [-0.15, -0.1) is 0 Å². The number of aliphatic carboxylic acids is 1. The summed E-state index contributed by atoms with van der Waals surface area (Å²) in [6.07, 6.45) is 0.658. The van der Waals surface area contributed by atoms with Crippen molar-refractivity contribution in [1.82, 2.24) is 5.01 Å². The first-order valence-corrected chi connectivity index (χ1v) is 11.0. The molecule has 1 atom stereocenters. The second kappa shape index (κ2) is 8.54. The molecule has 0 unspecified atom stereocenters. The summed E-state index contributed by atoms with van der Waals surface area (Å²) in [7, 11) is -3.54. The Hall–Kier alpha value is -3.40. The van der Waals surface area contributed by atoms with Crippen molar-refractivity contribution >= 4 is 33.3 Å².